The van der Waals surface area contributed by atoms with Crippen LogP contribution in [0.5, 0.6) is 0 Å². The van der Waals surface area contributed by atoms with E-state index in [0.29, 0.717) is 6.61 Å². The Kier molecular flexibility index (Phi) is 17.0. The molecule has 1 aromatic heterocycles. The van der Waals surface area contributed by atoms with Gasteiger partial charge in [0.25, 0.3) is 0 Å². The molecular formula is C29H43NO4. The molecule has 0 aliphatic carbocycles. The van der Waals surface area contributed by atoms with Crippen molar-refractivity contribution in [3.8, 4) is 0 Å². The molecule has 0 amide bonds. The van der Waals surface area contributed by atoms with E-state index in [2.05, 4.69) is 24.9 Å². The lowest BCUT2D eigenvalue weighted by molar-refractivity contribution is 0.0487. The molecule has 0 atom stereocenters. The van der Waals surface area contributed by atoms with Crippen molar-refractivity contribution in [2.75, 3.05) is 6.61 Å². The van der Waals surface area contributed by atoms with Crippen molar-refractivity contribution in [2.45, 2.75) is 97.3 Å². The van der Waals surface area contributed by atoms with Gasteiger partial charge in [0.05, 0.1) is 17.7 Å². The summed E-state index contributed by atoms with van der Waals surface area (Å²) in [6.45, 7) is 4.77. The summed E-state index contributed by atoms with van der Waals surface area (Å²) >= 11 is 0. The van der Waals surface area contributed by atoms with Crippen LogP contribution in [0.1, 0.15) is 117 Å². The van der Waals surface area contributed by atoms with Crippen LogP contribution < -0.4 is 0 Å². The van der Waals surface area contributed by atoms with E-state index in [1.807, 2.05) is 18.5 Å². The van der Waals surface area contributed by atoms with E-state index in [9.17, 15) is 9.59 Å². The zero-order valence-electron chi connectivity index (χ0n) is 21.1. The first-order valence-electron chi connectivity index (χ1n) is 13.0. The molecule has 188 valence electrons. The SMILES string of the molecule is CCCCCCCCOC(=O)c1ccccc1C(=O)O.CCCCCCCCc1cccnc1. The van der Waals surface area contributed by atoms with Crippen molar-refractivity contribution in [1.29, 1.82) is 0 Å². The number of carboxylic acid groups (broad SMARTS) is 1. The van der Waals surface area contributed by atoms with Crippen molar-refractivity contribution in [3.63, 3.8) is 0 Å². The topological polar surface area (TPSA) is 76.5 Å². The van der Waals surface area contributed by atoms with Gasteiger partial charge in [-0.15, -0.1) is 0 Å². The number of aromatic carboxylic acids is 1. The largest absolute Gasteiger partial charge is 0.478 e. The molecule has 0 fully saturated rings. The van der Waals surface area contributed by atoms with Gasteiger partial charge in [0, 0.05) is 12.4 Å². The summed E-state index contributed by atoms with van der Waals surface area (Å²) < 4.78 is 5.12. The molecule has 5 heteroatoms. The summed E-state index contributed by atoms with van der Waals surface area (Å²) in [5.74, 6) is -1.67. The minimum atomic E-state index is -1.11. The maximum Gasteiger partial charge on any atom is 0.339 e. The molecule has 0 saturated heterocycles. The van der Waals surface area contributed by atoms with Gasteiger partial charge in [0.15, 0.2) is 0 Å². The summed E-state index contributed by atoms with van der Waals surface area (Å²) in [7, 11) is 0. The van der Waals surface area contributed by atoms with Gasteiger partial charge in [0.2, 0.25) is 0 Å². The Bertz CT molecular complexity index is 792. The number of esters is 1. The molecule has 0 bridgehead atoms. The molecule has 0 aliphatic heterocycles. The van der Waals surface area contributed by atoms with E-state index < -0.39 is 11.9 Å². The van der Waals surface area contributed by atoms with Crippen LogP contribution in [0.3, 0.4) is 0 Å². The van der Waals surface area contributed by atoms with Crippen LogP contribution in [0, 0.1) is 0 Å². The van der Waals surface area contributed by atoms with Gasteiger partial charge in [-0.05, 0) is 43.0 Å². The van der Waals surface area contributed by atoms with Gasteiger partial charge >= 0.3 is 11.9 Å². The van der Waals surface area contributed by atoms with Crippen molar-refractivity contribution >= 4 is 11.9 Å². The normalized spacial score (nSPS) is 10.3. The third-order valence-electron chi connectivity index (χ3n) is 5.65. The second-order valence-electron chi connectivity index (χ2n) is 8.63. The van der Waals surface area contributed by atoms with E-state index in [0.717, 1.165) is 19.3 Å². The van der Waals surface area contributed by atoms with Crippen LogP contribution in [0.15, 0.2) is 48.8 Å². The highest BCUT2D eigenvalue weighted by atomic mass is 16.5. The maximum atomic E-state index is 11.8. The van der Waals surface area contributed by atoms with Gasteiger partial charge in [-0.2, -0.15) is 0 Å². The molecule has 0 spiro atoms. The fourth-order valence-electron chi connectivity index (χ4n) is 3.63. The van der Waals surface area contributed by atoms with E-state index in [-0.39, 0.29) is 11.1 Å². The standard InChI is InChI=1S/C16H22O4.C13H21N/c1-2-3-4-5-6-9-12-20-16(19)14-11-8-7-10-13(14)15(17)18;1-2-3-4-5-6-7-9-13-10-8-11-14-12-13/h7-8,10-11H,2-6,9,12H2,1H3,(H,17,18);8,10-12H,2-7,9H2,1H3. The number of rotatable bonds is 16. The number of benzene rings is 1. The van der Waals surface area contributed by atoms with Crippen LogP contribution in [0.4, 0.5) is 0 Å². The predicted octanol–water partition coefficient (Wildman–Crippen LogP) is 7.89. The number of unbranched alkanes of at least 4 members (excludes halogenated alkanes) is 10. The lowest BCUT2D eigenvalue weighted by atomic mass is 10.1. The number of ether oxygens (including phenoxy) is 1. The predicted molar refractivity (Wildman–Crippen MR) is 138 cm³/mol. The van der Waals surface area contributed by atoms with Crippen LogP contribution in [-0.4, -0.2) is 28.6 Å². The lowest BCUT2D eigenvalue weighted by Crippen LogP contribution is -2.12. The Labute approximate surface area is 206 Å². The first-order chi connectivity index (χ1) is 16.6. The highest BCUT2D eigenvalue weighted by Crippen LogP contribution is 2.12. The van der Waals surface area contributed by atoms with Gasteiger partial charge < -0.3 is 9.84 Å². The molecule has 0 radical (unpaired) electrons. The number of nitrogens with zero attached hydrogens (tertiary/aromatic N) is 1. The molecule has 1 heterocycles. The van der Waals surface area contributed by atoms with Crippen molar-refractivity contribution in [1.82, 2.24) is 4.98 Å². The Morgan fingerprint density at radius 2 is 1.35 bits per heavy atom. The van der Waals surface area contributed by atoms with Gasteiger partial charge in [-0.1, -0.05) is 96.3 Å². The molecule has 2 aromatic rings. The molecule has 1 N–H and O–H groups in total. The highest BCUT2D eigenvalue weighted by molar-refractivity contribution is 6.02. The number of carbonyl (C=O) groups is 2. The molecule has 2 rings (SSSR count). The minimum absolute atomic E-state index is 0.0135. The lowest BCUT2D eigenvalue weighted by Gasteiger charge is -2.07. The monoisotopic (exact) mass is 469 g/mol. The van der Waals surface area contributed by atoms with Crippen LogP contribution >= 0.6 is 0 Å². The van der Waals surface area contributed by atoms with Crippen LogP contribution in [0.25, 0.3) is 0 Å². The molecular weight excluding hydrogens is 426 g/mol. The summed E-state index contributed by atoms with van der Waals surface area (Å²) in [4.78, 5) is 26.9. The van der Waals surface area contributed by atoms with Crippen molar-refractivity contribution < 1.29 is 19.4 Å². The highest BCUT2D eigenvalue weighted by Gasteiger charge is 2.16. The Balaban J connectivity index is 0.000000362. The first-order valence-corrected chi connectivity index (χ1v) is 13.0. The average molecular weight is 470 g/mol. The number of aryl methyl sites for hydroxylation is 1. The van der Waals surface area contributed by atoms with Gasteiger partial charge in [-0.25, -0.2) is 9.59 Å². The number of hydrogen-bond acceptors (Lipinski definition) is 4. The van der Waals surface area contributed by atoms with Crippen LogP contribution in [-0.2, 0) is 11.2 Å². The molecule has 1 aromatic carbocycles. The molecule has 0 unspecified atom stereocenters. The van der Waals surface area contributed by atoms with E-state index >= 15 is 0 Å². The zero-order valence-corrected chi connectivity index (χ0v) is 21.1. The van der Waals surface area contributed by atoms with E-state index in [1.165, 1.54) is 81.9 Å². The fraction of sp³-hybridized carbons (Fsp3) is 0.552. The number of aromatic nitrogens is 1. The van der Waals surface area contributed by atoms with E-state index in [4.69, 9.17) is 9.84 Å². The summed E-state index contributed by atoms with van der Waals surface area (Å²) in [6.07, 6.45) is 19.9. The first kappa shape index (κ1) is 29.3. The number of pyridine rings is 1. The minimum Gasteiger partial charge on any atom is -0.478 e. The van der Waals surface area contributed by atoms with Crippen LogP contribution in [0.2, 0.25) is 0 Å². The summed E-state index contributed by atoms with van der Waals surface area (Å²) in [5.41, 5.74) is 1.48. The van der Waals surface area contributed by atoms with Gasteiger partial charge in [0.1, 0.15) is 0 Å². The summed E-state index contributed by atoms with van der Waals surface area (Å²) in [6, 6.07) is 10.3. The third-order valence-corrected chi connectivity index (χ3v) is 5.65. The number of carboxylic acids is 1. The second kappa shape index (κ2) is 19.7. The average Bonchev–Trinajstić information content (AvgIpc) is 2.86. The zero-order chi connectivity index (χ0) is 24.9. The molecule has 0 saturated carbocycles. The van der Waals surface area contributed by atoms with Gasteiger partial charge in [-0.3, -0.25) is 4.98 Å². The second-order valence-corrected chi connectivity index (χ2v) is 8.63. The molecule has 0 aliphatic rings. The number of carbonyl (C=O) groups excluding carboxylic acids is 1. The summed E-state index contributed by atoms with van der Waals surface area (Å²) in [5, 5.41) is 9.00. The maximum absolute atomic E-state index is 11.8. The quantitative estimate of drug-likeness (QED) is 0.200. The number of hydrogen-bond donors (Lipinski definition) is 1. The Hall–Kier alpha value is -2.69. The van der Waals surface area contributed by atoms with E-state index in [1.54, 1.807) is 12.1 Å². The van der Waals surface area contributed by atoms with Crippen molar-refractivity contribution in [2.24, 2.45) is 0 Å². The smallest absolute Gasteiger partial charge is 0.339 e. The Morgan fingerprint density at radius 3 is 1.94 bits per heavy atom. The van der Waals surface area contributed by atoms with Crippen molar-refractivity contribution in [3.05, 3.63) is 65.5 Å². The Morgan fingerprint density at radius 1 is 0.765 bits per heavy atom. The fourth-order valence-corrected chi connectivity index (χ4v) is 3.63. The third kappa shape index (κ3) is 13.8. The molecule has 34 heavy (non-hydrogen) atoms. The molecule has 5 nitrogen and oxygen atoms in total.